The number of benzene rings is 8. The van der Waals surface area contributed by atoms with Crippen LogP contribution in [0.2, 0.25) is 0 Å². The van der Waals surface area contributed by atoms with E-state index in [2.05, 4.69) is 181 Å². The molecule has 1 aromatic heterocycles. The Morgan fingerprint density at radius 2 is 1.00 bits per heavy atom. The first-order chi connectivity index (χ1) is 25.3. The topological polar surface area (TPSA) is 25.2 Å². The van der Waals surface area contributed by atoms with Crippen molar-refractivity contribution in [2.45, 2.75) is 6.42 Å². The van der Waals surface area contributed by atoms with E-state index in [9.17, 15) is 0 Å². The molecule has 240 valence electrons. The van der Waals surface area contributed by atoms with Gasteiger partial charge in [0.05, 0.1) is 5.69 Å². The molecule has 0 spiro atoms. The quantitative estimate of drug-likeness (QED) is 0.194. The molecule has 0 unspecified atom stereocenters. The van der Waals surface area contributed by atoms with Crippen LogP contribution in [-0.4, -0.2) is 0 Å². The highest BCUT2D eigenvalue weighted by molar-refractivity contribution is 6.15. The first-order valence-electron chi connectivity index (χ1n) is 17.6. The minimum absolute atomic E-state index is 0.860. The molecule has 0 radical (unpaired) electrons. The van der Waals surface area contributed by atoms with Gasteiger partial charge in [-0.1, -0.05) is 158 Å². The van der Waals surface area contributed by atoms with Crippen molar-refractivity contribution in [2.75, 3.05) is 5.32 Å². The molecule has 0 saturated heterocycles. The smallest absolute Gasteiger partial charge is 0.136 e. The molecule has 9 aromatic rings. The molecule has 8 aromatic carbocycles. The lowest BCUT2D eigenvalue weighted by Gasteiger charge is -2.24. The van der Waals surface area contributed by atoms with Gasteiger partial charge in [-0.15, -0.1) is 0 Å². The molecule has 0 bridgehead atoms. The largest absolute Gasteiger partial charge is 0.456 e. The Labute approximate surface area is 297 Å². The first-order valence-corrected chi connectivity index (χ1v) is 17.6. The van der Waals surface area contributed by atoms with Gasteiger partial charge in [0.25, 0.3) is 0 Å². The summed E-state index contributed by atoms with van der Waals surface area (Å²) in [5.74, 6) is 0. The summed E-state index contributed by atoms with van der Waals surface area (Å²) in [6.07, 6.45) is 0.860. The van der Waals surface area contributed by atoms with Crippen molar-refractivity contribution >= 4 is 33.3 Å². The lowest BCUT2D eigenvalue weighted by atomic mass is 9.87. The predicted molar refractivity (Wildman–Crippen MR) is 213 cm³/mol. The molecule has 51 heavy (non-hydrogen) atoms. The van der Waals surface area contributed by atoms with E-state index in [0.29, 0.717) is 0 Å². The summed E-state index contributed by atoms with van der Waals surface area (Å²) in [4.78, 5) is 0. The molecule has 1 heterocycles. The van der Waals surface area contributed by atoms with Crippen molar-refractivity contribution in [3.05, 3.63) is 193 Å². The molecule has 1 aliphatic carbocycles. The Balaban J connectivity index is 1.30. The highest BCUT2D eigenvalue weighted by Crippen LogP contribution is 2.52. The molecule has 1 aliphatic rings. The van der Waals surface area contributed by atoms with E-state index in [-0.39, 0.29) is 0 Å². The average molecular weight is 652 g/mol. The number of fused-ring (bicyclic) bond motifs is 6. The van der Waals surface area contributed by atoms with E-state index in [0.717, 1.165) is 50.9 Å². The van der Waals surface area contributed by atoms with Crippen LogP contribution in [0.4, 0.5) is 11.4 Å². The first kappa shape index (κ1) is 29.3. The molecular formula is C49H33NO. The van der Waals surface area contributed by atoms with Gasteiger partial charge in [0, 0.05) is 34.0 Å². The maximum Gasteiger partial charge on any atom is 0.136 e. The molecule has 0 fully saturated rings. The summed E-state index contributed by atoms with van der Waals surface area (Å²) in [5.41, 5.74) is 18.6. The predicted octanol–water partition coefficient (Wildman–Crippen LogP) is 13.6. The molecule has 2 nitrogen and oxygen atoms in total. The summed E-state index contributed by atoms with van der Waals surface area (Å²) in [6.45, 7) is 0. The van der Waals surface area contributed by atoms with Crippen molar-refractivity contribution in [2.24, 2.45) is 0 Å². The van der Waals surface area contributed by atoms with Crippen molar-refractivity contribution in [1.82, 2.24) is 0 Å². The number of furan rings is 1. The molecule has 0 amide bonds. The fourth-order valence-electron chi connectivity index (χ4n) is 8.09. The Hall–Kier alpha value is -6.64. The van der Waals surface area contributed by atoms with Crippen LogP contribution in [0.25, 0.3) is 77.6 Å². The molecule has 2 heteroatoms. The highest BCUT2D eigenvalue weighted by Gasteiger charge is 2.28. The average Bonchev–Trinajstić information content (AvgIpc) is 3.77. The van der Waals surface area contributed by atoms with Crippen LogP contribution in [0, 0.1) is 0 Å². The number of hydrogen-bond donors (Lipinski definition) is 1. The number of para-hydroxylation sites is 1. The van der Waals surface area contributed by atoms with Crippen LogP contribution in [0.5, 0.6) is 0 Å². The van der Waals surface area contributed by atoms with Crippen LogP contribution in [0.3, 0.4) is 0 Å². The third-order valence-corrected chi connectivity index (χ3v) is 10.3. The number of nitrogens with one attached hydrogen (secondary N) is 1. The SMILES string of the molecule is c1ccc(-c2cccc(Nc3c4c(cc(-c5ccccc5)c3-c3ccccc3)-c3ccccc3C4)c2-c2cccc3oc4ccccc4c23)cc1. The van der Waals surface area contributed by atoms with Gasteiger partial charge in [-0.3, -0.25) is 0 Å². The second kappa shape index (κ2) is 12.0. The van der Waals surface area contributed by atoms with Gasteiger partial charge < -0.3 is 9.73 Å². The van der Waals surface area contributed by atoms with Crippen LogP contribution >= 0.6 is 0 Å². The molecule has 0 atom stereocenters. The minimum Gasteiger partial charge on any atom is -0.456 e. The summed E-state index contributed by atoms with van der Waals surface area (Å²) in [7, 11) is 0. The zero-order valence-corrected chi connectivity index (χ0v) is 27.9. The molecule has 10 rings (SSSR count). The third-order valence-electron chi connectivity index (χ3n) is 10.3. The zero-order valence-electron chi connectivity index (χ0n) is 27.9. The van der Waals surface area contributed by atoms with Gasteiger partial charge in [-0.25, -0.2) is 0 Å². The van der Waals surface area contributed by atoms with Crippen LogP contribution in [0.1, 0.15) is 11.1 Å². The van der Waals surface area contributed by atoms with Gasteiger partial charge in [0.15, 0.2) is 0 Å². The van der Waals surface area contributed by atoms with E-state index >= 15 is 0 Å². The van der Waals surface area contributed by atoms with Gasteiger partial charge >= 0.3 is 0 Å². The van der Waals surface area contributed by atoms with Crippen molar-refractivity contribution < 1.29 is 4.42 Å². The summed E-state index contributed by atoms with van der Waals surface area (Å²) >= 11 is 0. The highest BCUT2D eigenvalue weighted by atomic mass is 16.3. The van der Waals surface area contributed by atoms with Crippen LogP contribution in [0.15, 0.2) is 186 Å². The fraction of sp³-hybridized carbons (Fsp3) is 0.0204. The summed E-state index contributed by atoms with van der Waals surface area (Å²) < 4.78 is 6.44. The van der Waals surface area contributed by atoms with E-state index in [1.165, 1.54) is 55.6 Å². The summed E-state index contributed by atoms with van der Waals surface area (Å²) in [5, 5.41) is 6.41. The van der Waals surface area contributed by atoms with Gasteiger partial charge in [-0.2, -0.15) is 0 Å². The molecular weight excluding hydrogens is 619 g/mol. The second-order valence-corrected chi connectivity index (χ2v) is 13.3. The fourth-order valence-corrected chi connectivity index (χ4v) is 8.09. The van der Waals surface area contributed by atoms with E-state index in [1.807, 2.05) is 6.07 Å². The Morgan fingerprint density at radius 3 is 1.78 bits per heavy atom. The normalized spacial score (nSPS) is 11.8. The van der Waals surface area contributed by atoms with Crippen LogP contribution in [-0.2, 0) is 6.42 Å². The van der Waals surface area contributed by atoms with Crippen molar-refractivity contribution in [3.8, 4) is 55.6 Å². The van der Waals surface area contributed by atoms with E-state index < -0.39 is 0 Å². The Bertz CT molecular complexity index is 2730. The minimum atomic E-state index is 0.860. The number of rotatable bonds is 6. The van der Waals surface area contributed by atoms with Gasteiger partial charge in [0.2, 0.25) is 0 Å². The van der Waals surface area contributed by atoms with Crippen molar-refractivity contribution in [1.29, 1.82) is 0 Å². The molecule has 0 aliphatic heterocycles. The second-order valence-electron chi connectivity index (χ2n) is 13.3. The maximum atomic E-state index is 6.44. The lowest BCUT2D eigenvalue weighted by molar-refractivity contribution is 0.669. The standard InChI is InChI=1S/C49H33NO/c1-4-16-32(17-5-1)37-25-14-27-43(47(37)39-26-15-29-45-48(39)38-24-12-13-28-44(38)51-45)50-49-42-30-35-22-10-11-23-36(35)41(42)31-40(33-18-6-2-7-19-33)46(49)34-20-8-3-9-21-34/h1-29,31,50H,30H2. The van der Waals surface area contributed by atoms with Crippen molar-refractivity contribution in [3.63, 3.8) is 0 Å². The summed E-state index contributed by atoms with van der Waals surface area (Å²) in [6, 6.07) is 65.2. The number of hydrogen-bond acceptors (Lipinski definition) is 2. The third kappa shape index (κ3) is 4.87. The number of anilines is 2. The van der Waals surface area contributed by atoms with Gasteiger partial charge in [-0.05, 0) is 79.9 Å². The molecule has 0 saturated carbocycles. The lowest BCUT2D eigenvalue weighted by Crippen LogP contribution is -2.03. The Morgan fingerprint density at radius 1 is 0.412 bits per heavy atom. The van der Waals surface area contributed by atoms with E-state index in [4.69, 9.17) is 4.42 Å². The van der Waals surface area contributed by atoms with Crippen LogP contribution < -0.4 is 5.32 Å². The maximum absolute atomic E-state index is 6.44. The zero-order chi connectivity index (χ0) is 33.7. The van der Waals surface area contributed by atoms with E-state index in [1.54, 1.807) is 0 Å². The molecule has 1 N–H and O–H groups in total. The van der Waals surface area contributed by atoms with Gasteiger partial charge in [0.1, 0.15) is 11.2 Å². The Kier molecular flexibility index (Phi) is 6.92. The monoisotopic (exact) mass is 651 g/mol.